The molecule has 102 heavy (non-hydrogen) atoms. The minimum absolute atomic E-state index is 0.819. The van der Waals surface area contributed by atoms with Gasteiger partial charge in [0.2, 0.25) is 0 Å². The number of furan rings is 3. The van der Waals surface area contributed by atoms with Crippen LogP contribution in [-0.2, 0) is 0 Å². The molecule has 0 unspecified atom stereocenters. The first kappa shape index (κ1) is 59.8. The maximum absolute atomic E-state index is 7.14. The number of hydrogen-bond donors (Lipinski definition) is 0. The average molecular weight is 1310 g/mol. The number of rotatable bonds is 14. The molecule has 19 aromatic rings. The van der Waals surface area contributed by atoms with Crippen LogP contribution in [0.1, 0.15) is 12.5 Å². The van der Waals surface area contributed by atoms with Crippen LogP contribution in [0.4, 0.5) is 28.4 Å². The van der Waals surface area contributed by atoms with Gasteiger partial charge in [0.1, 0.15) is 33.5 Å². The van der Waals surface area contributed by atoms with Gasteiger partial charge in [0.15, 0.2) is 0 Å². The molecule has 0 aliphatic carbocycles. The molecular weight excluding hydrogens is 1240 g/mol. The fourth-order valence-electron chi connectivity index (χ4n) is 15.7. The summed E-state index contributed by atoms with van der Waals surface area (Å²) in [4.78, 5) is 4.75. The summed E-state index contributed by atoms with van der Waals surface area (Å²) in [6.45, 7) is 6.55. The van der Waals surface area contributed by atoms with Gasteiger partial charge in [0.05, 0.1) is 17.1 Å². The number of anilines is 5. The lowest BCUT2D eigenvalue weighted by Gasteiger charge is -2.29. The molecule has 5 heteroatoms. The van der Waals surface area contributed by atoms with E-state index in [1.165, 1.54) is 32.7 Å². The maximum atomic E-state index is 7.14. The predicted molar refractivity (Wildman–Crippen MR) is 430 cm³/mol. The summed E-state index contributed by atoms with van der Waals surface area (Å²) in [5, 5.41) is 13.6. The lowest BCUT2D eigenvalue weighted by molar-refractivity contribution is 0.667. The Morgan fingerprint density at radius 1 is 0.304 bits per heavy atom. The van der Waals surface area contributed by atoms with Crippen molar-refractivity contribution in [2.75, 3.05) is 9.80 Å². The molecule has 0 amide bonds. The molecule has 0 saturated carbocycles. The Morgan fingerprint density at radius 2 is 0.755 bits per heavy atom. The topological polar surface area (TPSA) is 45.9 Å². The van der Waals surface area contributed by atoms with Crippen molar-refractivity contribution in [2.45, 2.75) is 6.92 Å². The minimum atomic E-state index is 0.819. The lowest BCUT2D eigenvalue weighted by atomic mass is 9.94. The van der Waals surface area contributed by atoms with Crippen LogP contribution in [0, 0.1) is 0 Å². The number of para-hydroxylation sites is 5. The van der Waals surface area contributed by atoms with Crippen molar-refractivity contribution in [3.05, 3.63) is 376 Å². The normalized spacial score (nSPS) is 12.1. The Balaban J connectivity index is 0.673. The summed E-state index contributed by atoms with van der Waals surface area (Å²) in [6, 6.07) is 122. The predicted octanol–water partition coefficient (Wildman–Crippen LogP) is 28.0. The van der Waals surface area contributed by atoms with Crippen molar-refractivity contribution in [1.29, 1.82) is 0 Å². The molecule has 0 aliphatic heterocycles. The van der Waals surface area contributed by atoms with E-state index in [0.29, 0.717) is 0 Å². The summed E-state index contributed by atoms with van der Waals surface area (Å²) in [7, 11) is 0. The quantitative estimate of drug-likeness (QED) is 0.102. The summed E-state index contributed by atoms with van der Waals surface area (Å²) < 4.78 is 20.2. The van der Waals surface area contributed by atoms with Gasteiger partial charge < -0.3 is 23.1 Å². The third-order valence-corrected chi connectivity index (χ3v) is 20.4. The second kappa shape index (κ2) is 24.8. The van der Waals surface area contributed by atoms with Crippen LogP contribution >= 0.6 is 0 Å². The van der Waals surface area contributed by atoms with E-state index >= 15 is 0 Å². The molecule has 19 rings (SSSR count). The molecule has 0 saturated heterocycles. The third-order valence-electron chi connectivity index (χ3n) is 20.4. The van der Waals surface area contributed by atoms with E-state index in [4.69, 9.17) is 13.3 Å². The van der Waals surface area contributed by atoms with E-state index in [9.17, 15) is 0 Å². The van der Waals surface area contributed by atoms with Gasteiger partial charge >= 0.3 is 0 Å². The van der Waals surface area contributed by atoms with E-state index in [-0.39, 0.29) is 0 Å². The molecule has 0 spiro atoms. The summed E-state index contributed by atoms with van der Waals surface area (Å²) in [6.07, 6.45) is 6.24. The Bertz CT molecular complexity index is 6590. The molecule has 0 radical (unpaired) electrons. The second-order valence-corrected chi connectivity index (χ2v) is 26.2. The SMILES string of the molecule is C=C/C(=C(\C=C/C)N(c1ccc(-c2cccc3cc(-c4ccc5c(c4)oc4c(-c6ccccc6N(c6ccc(-c7cccc8ccccc78)cc6)c6cccc7ccccc67)cccc45)ccc23)cc1)c1ccc(-c2cccc3oc4ccccc4c23)cc1)c1cccc2c1oc1ccccc12. The van der Waals surface area contributed by atoms with Crippen molar-refractivity contribution < 1.29 is 13.3 Å². The van der Waals surface area contributed by atoms with Crippen molar-refractivity contribution in [2.24, 2.45) is 0 Å². The molecule has 0 bridgehead atoms. The first-order chi connectivity index (χ1) is 50.5. The summed E-state index contributed by atoms with van der Waals surface area (Å²) in [5.41, 5.74) is 24.2. The van der Waals surface area contributed by atoms with Crippen molar-refractivity contribution >= 4 is 132 Å². The van der Waals surface area contributed by atoms with E-state index in [1.807, 2.05) is 30.3 Å². The molecule has 0 fully saturated rings. The Labute approximate surface area is 589 Å². The summed E-state index contributed by atoms with van der Waals surface area (Å²) in [5.74, 6) is 0. The molecule has 0 N–H and O–H groups in total. The van der Waals surface area contributed by atoms with Gasteiger partial charge in [0, 0.05) is 77.0 Å². The number of nitrogens with zero attached hydrogens (tertiary/aromatic N) is 2. The van der Waals surface area contributed by atoms with Gasteiger partial charge in [-0.15, -0.1) is 0 Å². The zero-order chi connectivity index (χ0) is 67.8. The molecule has 16 aromatic carbocycles. The highest BCUT2D eigenvalue weighted by molar-refractivity contribution is 6.15. The highest BCUT2D eigenvalue weighted by atomic mass is 16.3. The van der Waals surface area contributed by atoms with Crippen LogP contribution in [0.25, 0.3) is 159 Å². The molecule has 3 heterocycles. The summed E-state index contributed by atoms with van der Waals surface area (Å²) >= 11 is 0. The van der Waals surface area contributed by atoms with Crippen molar-refractivity contribution in [3.63, 3.8) is 0 Å². The molecule has 0 aliphatic rings. The number of benzene rings is 16. The standard InChI is InChI=1S/C97H64N2O3/c1-3-21-88(73(4-2)83-35-18-37-85-81-30-10-13-41-91(81)101-96(83)85)98(71-54-48-66(49-55-71)79-34-20-43-93-95(79)87-31-11-14-42-92(87)100-93)70-52-44-65(45-53-70)76-33-16-26-69-60-67(50-58-77(69)76)68-51-59-82-86-38-19-36-84(97(86)102-94(82)61-68)80-29-9-12-39-90(80)99(89-40-17-25-63-23-6-8-28-78(63)89)72-56-46-64(47-57-72)75-32-15-24-62-22-5-7-27-74(62)75/h3-61H,2H2,1H3/b21-3-,88-73-. The lowest BCUT2D eigenvalue weighted by Crippen LogP contribution is -2.17. The Kier molecular flexibility index (Phi) is 14.5. The monoisotopic (exact) mass is 1300 g/mol. The smallest absolute Gasteiger partial charge is 0.143 e. The van der Waals surface area contributed by atoms with Gasteiger partial charge in [-0.25, -0.2) is 0 Å². The number of hydrogen-bond acceptors (Lipinski definition) is 5. The zero-order valence-corrected chi connectivity index (χ0v) is 55.9. The van der Waals surface area contributed by atoms with Crippen LogP contribution in [0.5, 0.6) is 0 Å². The average Bonchev–Trinajstić information content (AvgIpc) is 1.78. The Hall–Kier alpha value is -13.5. The van der Waals surface area contributed by atoms with Crippen molar-refractivity contribution in [1.82, 2.24) is 0 Å². The van der Waals surface area contributed by atoms with Crippen LogP contribution in [0.15, 0.2) is 383 Å². The van der Waals surface area contributed by atoms with Crippen LogP contribution in [-0.4, -0.2) is 0 Å². The molecule has 3 aromatic heterocycles. The fraction of sp³-hybridized carbons (Fsp3) is 0.0103. The van der Waals surface area contributed by atoms with E-state index < -0.39 is 0 Å². The highest BCUT2D eigenvalue weighted by Gasteiger charge is 2.25. The first-order valence-electron chi connectivity index (χ1n) is 34.8. The largest absolute Gasteiger partial charge is 0.456 e. The van der Waals surface area contributed by atoms with Crippen LogP contribution < -0.4 is 9.80 Å². The van der Waals surface area contributed by atoms with E-state index in [0.717, 1.165) is 166 Å². The number of allylic oxidation sites excluding steroid dienone is 4. The molecule has 5 nitrogen and oxygen atoms in total. The second-order valence-electron chi connectivity index (χ2n) is 26.2. The van der Waals surface area contributed by atoms with Crippen molar-refractivity contribution in [3.8, 4) is 55.6 Å². The first-order valence-corrected chi connectivity index (χ1v) is 34.8. The van der Waals surface area contributed by atoms with Gasteiger partial charge in [-0.1, -0.05) is 274 Å². The minimum Gasteiger partial charge on any atom is -0.456 e. The molecule has 480 valence electrons. The van der Waals surface area contributed by atoms with Gasteiger partial charge in [-0.2, -0.15) is 0 Å². The van der Waals surface area contributed by atoms with Gasteiger partial charge in [-0.05, 0) is 169 Å². The van der Waals surface area contributed by atoms with Gasteiger partial charge in [0.25, 0.3) is 0 Å². The van der Waals surface area contributed by atoms with E-state index in [1.54, 1.807) is 0 Å². The highest BCUT2D eigenvalue weighted by Crippen LogP contribution is 2.49. The van der Waals surface area contributed by atoms with E-state index in [2.05, 4.69) is 351 Å². The molecule has 0 atom stereocenters. The third kappa shape index (κ3) is 10.1. The molecular formula is C97H64N2O3. The fourth-order valence-corrected chi connectivity index (χ4v) is 15.7. The maximum Gasteiger partial charge on any atom is 0.143 e. The van der Waals surface area contributed by atoms with Crippen LogP contribution in [0.3, 0.4) is 0 Å². The number of fused-ring (bicyclic) bond motifs is 12. The van der Waals surface area contributed by atoms with Gasteiger partial charge in [-0.3, -0.25) is 0 Å². The Morgan fingerprint density at radius 3 is 1.48 bits per heavy atom. The van der Waals surface area contributed by atoms with Crippen LogP contribution in [0.2, 0.25) is 0 Å². The zero-order valence-electron chi connectivity index (χ0n) is 55.9.